The number of aromatic amines is 2. The highest BCUT2D eigenvalue weighted by Crippen LogP contribution is 2.35. The third-order valence-electron chi connectivity index (χ3n) is 2.73. The summed E-state index contributed by atoms with van der Waals surface area (Å²) in [6.45, 7) is 1.75. The molecule has 0 atom stereocenters. The van der Waals surface area contributed by atoms with Crippen molar-refractivity contribution in [1.82, 2.24) is 9.97 Å². The van der Waals surface area contributed by atoms with Crippen LogP contribution in [0.15, 0.2) is 9.59 Å². The van der Waals surface area contributed by atoms with Crippen molar-refractivity contribution < 1.29 is 0 Å². The zero-order valence-corrected chi connectivity index (χ0v) is 7.52. The van der Waals surface area contributed by atoms with E-state index >= 15 is 0 Å². The van der Waals surface area contributed by atoms with Gasteiger partial charge in [-0.15, -0.1) is 0 Å². The molecule has 13 heavy (non-hydrogen) atoms. The highest BCUT2D eigenvalue weighted by Gasteiger charge is 2.22. The van der Waals surface area contributed by atoms with Gasteiger partial charge in [-0.1, -0.05) is 6.42 Å². The van der Waals surface area contributed by atoms with E-state index in [1.165, 1.54) is 6.42 Å². The predicted molar refractivity (Wildman–Crippen MR) is 49.0 cm³/mol. The Morgan fingerprint density at radius 3 is 2.46 bits per heavy atom. The van der Waals surface area contributed by atoms with Crippen molar-refractivity contribution in [3.8, 4) is 0 Å². The topological polar surface area (TPSA) is 65.7 Å². The fourth-order valence-corrected chi connectivity index (χ4v) is 1.67. The summed E-state index contributed by atoms with van der Waals surface area (Å²) < 4.78 is 0. The molecule has 0 bridgehead atoms. The Morgan fingerprint density at radius 1 is 1.23 bits per heavy atom. The number of nitrogens with one attached hydrogen (secondary N) is 2. The summed E-state index contributed by atoms with van der Waals surface area (Å²) in [5.41, 5.74) is 0.840. The quantitative estimate of drug-likeness (QED) is 0.666. The van der Waals surface area contributed by atoms with Crippen LogP contribution in [0.5, 0.6) is 0 Å². The lowest BCUT2D eigenvalue weighted by Gasteiger charge is -2.25. The van der Waals surface area contributed by atoms with Crippen molar-refractivity contribution in [3.05, 3.63) is 32.1 Å². The third kappa shape index (κ3) is 1.32. The first-order valence-corrected chi connectivity index (χ1v) is 4.51. The Kier molecular flexibility index (Phi) is 1.83. The molecule has 4 heteroatoms. The second kappa shape index (κ2) is 2.87. The van der Waals surface area contributed by atoms with E-state index in [4.69, 9.17) is 0 Å². The zero-order valence-electron chi connectivity index (χ0n) is 7.52. The lowest BCUT2D eigenvalue weighted by atomic mass is 9.81. The van der Waals surface area contributed by atoms with Gasteiger partial charge in [-0.05, 0) is 25.7 Å². The summed E-state index contributed by atoms with van der Waals surface area (Å²) in [6, 6.07) is 0. The first kappa shape index (κ1) is 8.29. The lowest BCUT2D eigenvalue weighted by Crippen LogP contribution is -2.29. The van der Waals surface area contributed by atoms with Gasteiger partial charge in [0, 0.05) is 11.3 Å². The van der Waals surface area contributed by atoms with Crippen molar-refractivity contribution in [2.24, 2.45) is 0 Å². The fourth-order valence-electron chi connectivity index (χ4n) is 1.67. The monoisotopic (exact) mass is 180 g/mol. The molecule has 1 aromatic heterocycles. The number of rotatable bonds is 1. The van der Waals surface area contributed by atoms with Gasteiger partial charge < -0.3 is 4.98 Å². The van der Waals surface area contributed by atoms with Crippen LogP contribution < -0.4 is 11.2 Å². The minimum absolute atomic E-state index is 0.259. The SMILES string of the molecule is Cc1c(C2CCC2)[nH]c(=O)[nH]c1=O. The minimum atomic E-state index is -0.391. The van der Waals surface area contributed by atoms with E-state index in [2.05, 4.69) is 9.97 Å². The Bertz CT molecular complexity index is 426. The van der Waals surface area contributed by atoms with Gasteiger partial charge in [-0.3, -0.25) is 9.78 Å². The number of H-pyrrole nitrogens is 2. The molecule has 1 fully saturated rings. The van der Waals surface area contributed by atoms with Crippen LogP contribution in [-0.4, -0.2) is 9.97 Å². The number of aromatic nitrogens is 2. The van der Waals surface area contributed by atoms with Gasteiger partial charge in [0.25, 0.3) is 5.56 Å². The predicted octanol–water partition coefficient (Wildman–Crippen LogP) is 0.639. The van der Waals surface area contributed by atoms with E-state index in [0.29, 0.717) is 11.5 Å². The molecular formula is C9H12N2O2. The van der Waals surface area contributed by atoms with E-state index in [1.807, 2.05) is 0 Å². The van der Waals surface area contributed by atoms with E-state index in [-0.39, 0.29) is 5.56 Å². The molecule has 0 aliphatic heterocycles. The Hall–Kier alpha value is -1.32. The summed E-state index contributed by atoms with van der Waals surface area (Å²) in [7, 11) is 0. The maximum Gasteiger partial charge on any atom is 0.325 e. The number of hydrogen-bond donors (Lipinski definition) is 2. The Balaban J connectivity index is 2.55. The van der Waals surface area contributed by atoms with E-state index < -0.39 is 5.69 Å². The van der Waals surface area contributed by atoms with Gasteiger partial charge in [0.05, 0.1) is 0 Å². The Morgan fingerprint density at radius 2 is 1.92 bits per heavy atom. The van der Waals surface area contributed by atoms with Crippen LogP contribution in [0.25, 0.3) is 0 Å². The molecule has 1 aliphatic carbocycles. The molecule has 2 rings (SSSR count). The highest BCUT2D eigenvalue weighted by molar-refractivity contribution is 5.20. The van der Waals surface area contributed by atoms with Gasteiger partial charge in [0.2, 0.25) is 0 Å². The summed E-state index contributed by atoms with van der Waals surface area (Å²) in [4.78, 5) is 27.1. The first-order valence-electron chi connectivity index (χ1n) is 4.51. The molecule has 1 heterocycles. The van der Waals surface area contributed by atoms with E-state index in [9.17, 15) is 9.59 Å². The summed E-state index contributed by atoms with van der Waals surface area (Å²) in [5.74, 6) is 0.398. The lowest BCUT2D eigenvalue weighted by molar-refractivity contribution is 0.407. The average molecular weight is 180 g/mol. The molecule has 0 aromatic carbocycles. The molecule has 0 amide bonds. The van der Waals surface area contributed by atoms with Gasteiger partial charge in [-0.2, -0.15) is 0 Å². The molecule has 1 saturated carbocycles. The maximum absolute atomic E-state index is 11.2. The first-order chi connectivity index (χ1) is 6.18. The van der Waals surface area contributed by atoms with Crippen molar-refractivity contribution in [1.29, 1.82) is 0 Å². The van der Waals surface area contributed by atoms with Crippen molar-refractivity contribution >= 4 is 0 Å². The summed E-state index contributed by atoms with van der Waals surface area (Å²) in [6.07, 6.45) is 3.36. The van der Waals surface area contributed by atoms with Crippen LogP contribution in [-0.2, 0) is 0 Å². The smallest absolute Gasteiger partial charge is 0.311 e. The molecule has 0 unspecified atom stereocenters. The second-order valence-electron chi connectivity index (χ2n) is 3.57. The van der Waals surface area contributed by atoms with Crippen molar-refractivity contribution in [2.75, 3.05) is 0 Å². The zero-order chi connectivity index (χ0) is 9.42. The Labute approximate surface area is 75.0 Å². The van der Waals surface area contributed by atoms with Crippen LogP contribution in [0.3, 0.4) is 0 Å². The molecule has 1 aromatic rings. The van der Waals surface area contributed by atoms with Crippen LogP contribution in [0, 0.1) is 6.92 Å². The number of hydrogen-bond acceptors (Lipinski definition) is 2. The summed E-state index contributed by atoms with van der Waals surface area (Å²) in [5, 5.41) is 0. The van der Waals surface area contributed by atoms with Crippen molar-refractivity contribution in [2.45, 2.75) is 32.1 Å². The largest absolute Gasteiger partial charge is 0.325 e. The molecule has 70 valence electrons. The fraction of sp³-hybridized carbons (Fsp3) is 0.556. The second-order valence-corrected chi connectivity index (χ2v) is 3.57. The summed E-state index contributed by atoms with van der Waals surface area (Å²) >= 11 is 0. The van der Waals surface area contributed by atoms with Crippen LogP contribution >= 0.6 is 0 Å². The minimum Gasteiger partial charge on any atom is -0.311 e. The van der Waals surface area contributed by atoms with Crippen LogP contribution in [0.4, 0.5) is 0 Å². The van der Waals surface area contributed by atoms with Gasteiger partial charge in [0.15, 0.2) is 0 Å². The average Bonchev–Trinajstić information content (AvgIpc) is 1.95. The van der Waals surface area contributed by atoms with Gasteiger partial charge in [-0.25, -0.2) is 4.79 Å². The van der Waals surface area contributed by atoms with Crippen LogP contribution in [0.2, 0.25) is 0 Å². The van der Waals surface area contributed by atoms with Crippen molar-refractivity contribution in [3.63, 3.8) is 0 Å². The highest BCUT2D eigenvalue weighted by atomic mass is 16.2. The molecule has 0 saturated heterocycles. The molecule has 4 nitrogen and oxygen atoms in total. The third-order valence-corrected chi connectivity index (χ3v) is 2.73. The normalized spacial score (nSPS) is 17.0. The maximum atomic E-state index is 11.2. The van der Waals surface area contributed by atoms with E-state index in [0.717, 1.165) is 18.5 Å². The molecular weight excluding hydrogens is 168 g/mol. The van der Waals surface area contributed by atoms with E-state index in [1.54, 1.807) is 6.92 Å². The standard InChI is InChI=1S/C9H12N2O2/c1-5-7(6-3-2-4-6)10-9(13)11-8(5)12/h6H,2-4H2,1H3,(H2,10,11,12,13). The molecule has 0 radical (unpaired) electrons. The molecule has 0 spiro atoms. The van der Waals surface area contributed by atoms with Gasteiger partial charge in [0.1, 0.15) is 0 Å². The molecule has 1 aliphatic rings. The molecule has 2 N–H and O–H groups in total. The van der Waals surface area contributed by atoms with Crippen LogP contribution in [0.1, 0.15) is 36.4 Å². The van der Waals surface area contributed by atoms with Gasteiger partial charge >= 0.3 is 5.69 Å².